The molecule has 2 nitrogen and oxygen atoms in total. The average molecular weight is 912 g/mol. The summed E-state index contributed by atoms with van der Waals surface area (Å²) < 4.78 is 0. The molecule has 0 aliphatic heterocycles. The van der Waals surface area contributed by atoms with E-state index < -0.39 is 0 Å². The quantitative estimate of drug-likeness (QED) is 0.0282. The molecule has 2 aromatic rings. The van der Waals surface area contributed by atoms with Crippen LogP contribution in [0.25, 0.3) is 0 Å². The molecule has 0 aliphatic carbocycles. The normalized spacial score (nSPS) is 11.9. The van der Waals surface area contributed by atoms with E-state index in [1.165, 1.54) is 215 Å². The largest absolute Gasteiger partial charge is 0.246 e. The summed E-state index contributed by atoms with van der Waals surface area (Å²) in [5.41, 5.74) is 8.46. The van der Waals surface area contributed by atoms with E-state index in [0.29, 0.717) is 0 Å². The molecular weight excluding hydrogens is 819 g/mol. The van der Waals surface area contributed by atoms with Crippen LogP contribution in [-0.4, -0.2) is 11.4 Å². The fourth-order valence-corrected chi connectivity index (χ4v) is 8.35. The van der Waals surface area contributed by atoms with Crippen LogP contribution in [0.3, 0.4) is 0 Å². The number of nitrogens with zero attached hydrogens (tertiary/aromatic N) is 2. The SMILES string of the molecule is CCCCCCCCC/C=C/C(=N\c1cc(C)cc(C)c1)C(/C#CCCCCCCCCCCCCCCCCCCCCCCCCCC)=N/c1cc(C)cc(C)c1.[Pd]. The Hall–Kier alpha value is -2.26. The summed E-state index contributed by atoms with van der Waals surface area (Å²) in [6, 6.07) is 13.1. The van der Waals surface area contributed by atoms with Crippen molar-refractivity contribution in [2.75, 3.05) is 0 Å². The van der Waals surface area contributed by atoms with Gasteiger partial charge in [0.05, 0.1) is 17.1 Å². The third-order valence-corrected chi connectivity index (χ3v) is 11.8. The summed E-state index contributed by atoms with van der Waals surface area (Å²) in [6.07, 6.45) is 49.7. The molecule has 2 rings (SSSR count). The summed E-state index contributed by atoms with van der Waals surface area (Å²) in [5.74, 6) is 7.05. The van der Waals surface area contributed by atoms with Gasteiger partial charge in [-0.3, -0.25) is 0 Å². The molecule has 0 aliphatic rings. The van der Waals surface area contributed by atoms with Crippen LogP contribution in [0.2, 0.25) is 0 Å². The predicted molar refractivity (Wildman–Crippen MR) is 267 cm³/mol. The van der Waals surface area contributed by atoms with Crippen molar-refractivity contribution in [3.63, 3.8) is 0 Å². The van der Waals surface area contributed by atoms with Gasteiger partial charge in [-0.25, -0.2) is 9.98 Å². The van der Waals surface area contributed by atoms with Crippen molar-refractivity contribution in [3.05, 3.63) is 70.8 Å². The maximum absolute atomic E-state index is 5.20. The standard InChI is InChI=1S/C57H92N2.Pd/c1-7-9-11-13-15-17-18-19-20-21-22-23-24-25-26-27-28-29-30-31-32-33-35-37-39-41-43-57(59-55-48-52(5)45-53(6)49-55)56(58-54-46-50(3)44-51(4)47-54)42-40-38-36-34-16-14-12-10-8-2;/h40,42,44-49H,7-39H2,1-6H3;/b42-40+,58-56+,59-57+;. The fourth-order valence-electron chi connectivity index (χ4n) is 8.35. The Kier molecular flexibility index (Phi) is 36.8. The first kappa shape index (κ1) is 55.8. The van der Waals surface area contributed by atoms with Gasteiger partial charge in [0, 0.05) is 26.8 Å². The van der Waals surface area contributed by atoms with Crippen molar-refractivity contribution < 1.29 is 20.4 Å². The van der Waals surface area contributed by atoms with Crippen LogP contribution in [0.1, 0.15) is 248 Å². The van der Waals surface area contributed by atoms with E-state index in [4.69, 9.17) is 9.98 Å². The van der Waals surface area contributed by atoms with Crippen LogP contribution in [0.5, 0.6) is 0 Å². The van der Waals surface area contributed by atoms with Crippen molar-refractivity contribution in [2.24, 2.45) is 9.98 Å². The second kappa shape index (κ2) is 39.6. The second-order valence-corrected chi connectivity index (χ2v) is 18.1. The van der Waals surface area contributed by atoms with E-state index in [9.17, 15) is 0 Å². The smallest absolute Gasteiger partial charge is 0.139 e. The van der Waals surface area contributed by atoms with Crippen LogP contribution >= 0.6 is 0 Å². The zero-order valence-electron chi connectivity index (χ0n) is 40.2. The first-order valence-corrected chi connectivity index (χ1v) is 25.4. The van der Waals surface area contributed by atoms with Gasteiger partial charge in [-0.05, 0) is 105 Å². The molecule has 0 bridgehead atoms. The Morgan fingerprint density at radius 1 is 0.417 bits per heavy atom. The minimum absolute atomic E-state index is 0. The van der Waals surface area contributed by atoms with E-state index >= 15 is 0 Å². The number of hydrogen-bond donors (Lipinski definition) is 0. The van der Waals surface area contributed by atoms with Crippen LogP contribution in [0, 0.1) is 39.5 Å². The van der Waals surface area contributed by atoms with Crippen molar-refractivity contribution in [3.8, 4) is 11.8 Å². The molecule has 0 aromatic heterocycles. The van der Waals surface area contributed by atoms with Crippen molar-refractivity contribution in [2.45, 2.75) is 253 Å². The van der Waals surface area contributed by atoms with Crippen molar-refractivity contribution in [1.82, 2.24) is 0 Å². The Bertz CT molecular complexity index is 1450. The molecule has 0 fully saturated rings. The van der Waals surface area contributed by atoms with Gasteiger partial charge in [0.1, 0.15) is 5.71 Å². The van der Waals surface area contributed by atoms with Crippen LogP contribution in [-0.2, 0) is 20.4 Å². The van der Waals surface area contributed by atoms with E-state index in [1.54, 1.807) is 0 Å². The van der Waals surface area contributed by atoms with Gasteiger partial charge < -0.3 is 0 Å². The molecule has 0 spiro atoms. The molecule has 3 heteroatoms. The van der Waals surface area contributed by atoms with Crippen LogP contribution in [0.4, 0.5) is 11.4 Å². The molecule has 0 unspecified atom stereocenters. The Morgan fingerprint density at radius 3 is 1.10 bits per heavy atom. The molecule has 0 amide bonds. The topological polar surface area (TPSA) is 24.7 Å². The first-order valence-electron chi connectivity index (χ1n) is 25.4. The van der Waals surface area contributed by atoms with Crippen LogP contribution in [0.15, 0.2) is 58.5 Å². The molecule has 0 saturated heterocycles. The van der Waals surface area contributed by atoms with Gasteiger partial charge in [0.2, 0.25) is 0 Å². The number of aliphatic imine (C=N–C) groups is 2. The Labute approximate surface area is 387 Å². The number of benzene rings is 2. The average Bonchev–Trinajstić information content (AvgIpc) is 3.20. The molecular formula is C57H92N2Pd. The van der Waals surface area contributed by atoms with E-state index in [-0.39, 0.29) is 20.4 Å². The van der Waals surface area contributed by atoms with Gasteiger partial charge in [-0.1, -0.05) is 224 Å². The van der Waals surface area contributed by atoms with Crippen LogP contribution < -0.4 is 0 Å². The molecule has 340 valence electrons. The molecule has 0 heterocycles. The zero-order chi connectivity index (χ0) is 42.4. The number of aryl methyl sites for hydroxylation is 4. The third kappa shape index (κ3) is 31.6. The molecule has 0 atom stereocenters. The summed E-state index contributed by atoms with van der Waals surface area (Å²) >= 11 is 0. The third-order valence-electron chi connectivity index (χ3n) is 11.8. The monoisotopic (exact) mass is 911 g/mol. The van der Waals surface area contributed by atoms with Gasteiger partial charge in [0.25, 0.3) is 0 Å². The maximum Gasteiger partial charge on any atom is 0.139 e. The predicted octanol–water partition coefficient (Wildman–Crippen LogP) is 19.2. The van der Waals surface area contributed by atoms with E-state index in [2.05, 4.69) is 102 Å². The van der Waals surface area contributed by atoms with Crippen molar-refractivity contribution in [1.29, 1.82) is 0 Å². The Morgan fingerprint density at radius 2 is 0.733 bits per heavy atom. The van der Waals surface area contributed by atoms with Gasteiger partial charge in [-0.2, -0.15) is 0 Å². The molecule has 60 heavy (non-hydrogen) atoms. The summed E-state index contributed by atoms with van der Waals surface area (Å²) in [7, 11) is 0. The van der Waals surface area contributed by atoms with Crippen molar-refractivity contribution >= 4 is 22.8 Å². The summed E-state index contributed by atoms with van der Waals surface area (Å²) in [4.78, 5) is 10.4. The molecule has 0 N–H and O–H groups in total. The van der Waals surface area contributed by atoms with Gasteiger partial charge in [0.15, 0.2) is 0 Å². The van der Waals surface area contributed by atoms with E-state index in [0.717, 1.165) is 42.1 Å². The zero-order valence-corrected chi connectivity index (χ0v) is 41.7. The summed E-state index contributed by atoms with van der Waals surface area (Å²) in [6.45, 7) is 13.2. The minimum atomic E-state index is 0. The second-order valence-electron chi connectivity index (χ2n) is 18.1. The molecule has 2 aromatic carbocycles. The fraction of sp³-hybridized carbons (Fsp3) is 0.684. The number of allylic oxidation sites excluding steroid dienone is 2. The summed E-state index contributed by atoms with van der Waals surface area (Å²) in [5, 5.41) is 0. The first-order chi connectivity index (χ1) is 28.9. The molecule has 0 radical (unpaired) electrons. The number of unbranched alkanes of at least 4 members (excludes halogenated alkanes) is 31. The Balaban J connectivity index is 0.0000180. The maximum atomic E-state index is 5.20. The molecule has 0 saturated carbocycles. The van der Waals surface area contributed by atoms with E-state index in [1.807, 2.05) is 0 Å². The van der Waals surface area contributed by atoms with Gasteiger partial charge in [-0.15, -0.1) is 0 Å². The minimum Gasteiger partial charge on any atom is -0.246 e. The number of hydrogen-bond acceptors (Lipinski definition) is 2. The number of rotatable bonds is 36. The van der Waals surface area contributed by atoms with Gasteiger partial charge >= 0.3 is 0 Å².